The monoisotopic (exact) mass is 481 g/mol. The largest absolute Gasteiger partial charge is 0.384 e. The molecule has 1 aliphatic heterocycles. The SMILES string of the molecule is C#C[C@@]1(O)[C@@H](COC(C(=O)NO)c2cscn2)O[C@@H](n2cnc3c(N)nc(Cl)nc32)[C@@H]1O. The van der Waals surface area contributed by atoms with Gasteiger partial charge in [-0.1, -0.05) is 5.92 Å². The molecule has 0 saturated carbocycles. The van der Waals surface area contributed by atoms with E-state index in [9.17, 15) is 15.0 Å². The number of hydroxylamine groups is 1. The first-order valence-electron chi connectivity index (χ1n) is 8.93. The number of amides is 1. The van der Waals surface area contributed by atoms with Gasteiger partial charge in [0.1, 0.15) is 17.7 Å². The first kappa shape index (κ1) is 22.3. The number of nitrogen functional groups attached to an aromatic ring is 1. The fourth-order valence-electron chi connectivity index (χ4n) is 3.30. The van der Waals surface area contributed by atoms with Crippen LogP contribution in [0.2, 0.25) is 5.28 Å². The molecule has 168 valence electrons. The van der Waals surface area contributed by atoms with Crippen LogP contribution in [0.5, 0.6) is 0 Å². The summed E-state index contributed by atoms with van der Waals surface area (Å²) in [6.45, 7) is -0.436. The maximum Gasteiger partial charge on any atom is 0.278 e. The average Bonchev–Trinajstić information content (AvgIpc) is 3.49. The van der Waals surface area contributed by atoms with E-state index >= 15 is 0 Å². The summed E-state index contributed by atoms with van der Waals surface area (Å²) in [5, 5.41) is 32.1. The zero-order chi connectivity index (χ0) is 23.0. The van der Waals surface area contributed by atoms with Crippen molar-refractivity contribution in [1.29, 1.82) is 0 Å². The van der Waals surface area contributed by atoms with Gasteiger partial charge in [-0.2, -0.15) is 9.97 Å². The summed E-state index contributed by atoms with van der Waals surface area (Å²) in [4.78, 5) is 27.9. The highest BCUT2D eigenvalue weighted by molar-refractivity contribution is 7.07. The molecular formula is C17H16ClN7O6S. The second-order valence-corrected chi connectivity index (χ2v) is 7.79. The number of anilines is 1. The summed E-state index contributed by atoms with van der Waals surface area (Å²) in [6, 6.07) is 0. The van der Waals surface area contributed by atoms with Crippen LogP contribution in [0.4, 0.5) is 5.82 Å². The molecule has 0 spiro atoms. The van der Waals surface area contributed by atoms with Crippen molar-refractivity contribution < 1.29 is 29.7 Å². The van der Waals surface area contributed by atoms with Gasteiger partial charge in [0.15, 0.2) is 29.4 Å². The van der Waals surface area contributed by atoms with Gasteiger partial charge in [0.2, 0.25) is 5.28 Å². The minimum atomic E-state index is -2.20. The summed E-state index contributed by atoms with van der Waals surface area (Å²) in [5.41, 5.74) is 7.14. The number of aliphatic hydroxyl groups excluding tert-OH is 1. The predicted molar refractivity (Wildman–Crippen MR) is 109 cm³/mol. The fraction of sp³-hybridized carbons (Fsp3) is 0.353. The van der Waals surface area contributed by atoms with Gasteiger partial charge < -0.3 is 25.4 Å². The molecule has 1 amide bonds. The third-order valence-electron chi connectivity index (χ3n) is 4.92. The minimum Gasteiger partial charge on any atom is -0.384 e. The number of nitrogens with zero attached hydrogens (tertiary/aromatic N) is 5. The van der Waals surface area contributed by atoms with E-state index in [1.165, 1.54) is 33.2 Å². The maximum absolute atomic E-state index is 12.0. The van der Waals surface area contributed by atoms with Gasteiger partial charge in [-0.05, 0) is 11.6 Å². The second-order valence-electron chi connectivity index (χ2n) is 6.73. The van der Waals surface area contributed by atoms with Crippen LogP contribution in [0.15, 0.2) is 17.2 Å². The number of hydrogen-bond acceptors (Lipinski definition) is 12. The van der Waals surface area contributed by atoms with Crippen LogP contribution < -0.4 is 11.2 Å². The fourth-order valence-corrected chi connectivity index (χ4v) is 4.04. The number of thiazole rings is 1. The van der Waals surface area contributed by atoms with Crippen LogP contribution in [0, 0.1) is 12.3 Å². The highest BCUT2D eigenvalue weighted by atomic mass is 35.5. The Kier molecular flexibility index (Phi) is 5.97. The standard InChI is InChI=1S/C17H16ClN7O6S/c1-2-17(28)8(3-30-10(14(27)24-29)7-4-32-6-21-7)31-15(11(17)26)25-5-20-9-12(19)22-16(18)23-13(9)25/h1,4-6,8,10-11,15,26,28-29H,3H2,(H,24,27)(H2,19,22,23)/t8-,10?,11+,15-,17-/m1/s1. The highest BCUT2D eigenvalue weighted by Gasteiger charge is 2.56. The number of ether oxygens (including phenoxy) is 2. The third-order valence-corrected chi connectivity index (χ3v) is 5.70. The first-order chi connectivity index (χ1) is 15.3. The van der Waals surface area contributed by atoms with Crippen molar-refractivity contribution >= 4 is 45.8 Å². The van der Waals surface area contributed by atoms with Gasteiger partial charge in [0.05, 0.1) is 24.1 Å². The Labute approximate surface area is 188 Å². The summed E-state index contributed by atoms with van der Waals surface area (Å²) in [7, 11) is 0. The van der Waals surface area contributed by atoms with E-state index in [2.05, 4.69) is 25.9 Å². The lowest BCUT2D eigenvalue weighted by Gasteiger charge is -2.26. The number of fused-ring (bicyclic) bond motifs is 1. The zero-order valence-corrected chi connectivity index (χ0v) is 17.6. The molecule has 32 heavy (non-hydrogen) atoms. The molecular weight excluding hydrogens is 466 g/mol. The van der Waals surface area contributed by atoms with E-state index in [4.69, 9.17) is 38.4 Å². The maximum atomic E-state index is 12.0. The number of halogens is 1. The molecule has 0 aromatic carbocycles. The molecule has 0 bridgehead atoms. The van der Waals surface area contributed by atoms with Crippen LogP contribution in [0.1, 0.15) is 18.0 Å². The second kappa shape index (κ2) is 8.56. The summed E-state index contributed by atoms with van der Waals surface area (Å²) in [6.07, 6.45) is 1.29. The van der Waals surface area contributed by atoms with Crippen LogP contribution in [0.25, 0.3) is 11.2 Å². The Hall–Kier alpha value is -2.90. The number of hydrogen-bond donors (Lipinski definition) is 5. The molecule has 0 aliphatic carbocycles. The molecule has 13 nitrogen and oxygen atoms in total. The van der Waals surface area contributed by atoms with Gasteiger partial charge in [0.25, 0.3) is 5.91 Å². The van der Waals surface area contributed by atoms with Gasteiger partial charge >= 0.3 is 0 Å². The van der Waals surface area contributed by atoms with Crippen LogP contribution >= 0.6 is 22.9 Å². The number of aliphatic hydroxyl groups is 2. The highest BCUT2D eigenvalue weighted by Crippen LogP contribution is 2.39. The molecule has 4 heterocycles. The molecule has 1 saturated heterocycles. The number of carbonyl (C=O) groups is 1. The molecule has 1 fully saturated rings. The van der Waals surface area contributed by atoms with Crippen molar-refractivity contribution in [2.75, 3.05) is 12.3 Å². The lowest BCUT2D eigenvalue weighted by Crippen LogP contribution is -2.48. The Bertz CT molecular complexity index is 1180. The topological polar surface area (TPSA) is 191 Å². The molecule has 4 rings (SSSR count). The number of rotatable bonds is 6. The normalized spacial score (nSPS) is 26.2. The van der Waals surface area contributed by atoms with E-state index in [1.807, 2.05) is 0 Å². The van der Waals surface area contributed by atoms with Crippen LogP contribution in [0.3, 0.4) is 0 Å². The molecule has 15 heteroatoms. The Morgan fingerprint density at radius 1 is 1.53 bits per heavy atom. The summed E-state index contributed by atoms with van der Waals surface area (Å²) < 4.78 is 12.6. The molecule has 5 atom stereocenters. The lowest BCUT2D eigenvalue weighted by molar-refractivity contribution is -0.148. The van der Waals surface area contributed by atoms with Crippen molar-refractivity contribution in [1.82, 2.24) is 30.0 Å². The van der Waals surface area contributed by atoms with E-state index in [0.29, 0.717) is 0 Å². The molecule has 0 radical (unpaired) electrons. The van der Waals surface area contributed by atoms with Gasteiger partial charge in [-0.15, -0.1) is 17.8 Å². The zero-order valence-electron chi connectivity index (χ0n) is 16.0. The predicted octanol–water partition coefficient (Wildman–Crippen LogP) is -0.596. The lowest BCUT2D eigenvalue weighted by atomic mass is 9.93. The van der Waals surface area contributed by atoms with Crippen molar-refractivity contribution in [2.24, 2.45) is 0 Å². The molecule has 6 N–H and O–H groups in total. The number of imidazole rings is 1. The van der Waals surface area contributed by atoms with Gasteiger partial charge in [-0.25, -0.2) is 15.4 Å². The molecule has 3 aromatic heterocycles. The van der Waals surface area contributed by atoms with Gasteiger partial charge in [0, 0.05) is 5.38 Å². The Morgan fingerprint density at radius 2 is 2.31 bits per heavy atom. The molecule has 1 unspecified atom stereocenters. The summed E-state index contributed by atoms with van der Waals surface area (Å²) in [5.74, 6) is 1.25. The minimum absolute atomic E-state index is 0.0134. The van der Waals surface area contributed by atoms with E-state index in [0.717, 1.165) is 0 Å². The third kappa shape index (κ3) is 3.65. The number of aromatic nitrogens is 5. The molecule has 3 aromatic rings. The van der Waals surface area contributed by atoms with E-state index < -0.39 is 42.7 Å². The number of terminal acetylenes is 1. The van der Waals surface area contributed by atoms with Crippen molar-refractivity contribution in [2.45, 2.75) is 30.1 Å². The average molecular weight is 482 g/mol. The first-order valence-corrected chi connectivity index (χ1v) is 10.2. The van der Waals surface area contributed by atoms with Crippen molar-refractivity contribution in [3.8, 4) is 12.3 Å². The Morgan fingerprint density at radius 3 is 2.97 bits per heavy atom. The van der Waals surface area contributed by atoms with E-state index in [-0.39, 0.29) is 28.0 Å². The van der Waals surface area contributed by atoms with E-state index in [1.54, 1.807) is 5.38 Å². The smallest absolute Gasteiger partial charge is 0.278 e. The van der Waals surface area contributed by atoms with Crippen molar-refractivity contribution in [3.05, 3.63) is 28.2 Å². The molecule has 1 aliphatic rings. The number of nitrogens with one attached hydrogen (secondary N) is 1. The Balaban J connectivity index is 1.62. The quantitative estimate of drug-likeness (QED) is 0.131. The summed E-state index contributed by atoms with van der Waals surface area (Å²) >= 11 is 7.08. The van der Waals surface area contributed by atoms with Crippen LogP contribution in [-0.2, 0) is 14.3 Å². The van der Waals surface area contributed by atoms with Gasteiger partial charge in [-0.3, -0.25) is 14.6 Å². The number of nitrogens with two attached hydrogens (primary N) is 1. The number of carbonyl (C=O) groups excluding carboxylic acids is 1. The van der Waals surface area contributed by atoms with Crippen LogP contribution in [-0.4, -0.2) is 70.2 Å². The van der Waals surface area contributed by atoms with Crippen molar-refractivity contribution in [3.63, 3.8) is 0 Å².